The van der Waals surface area contributed by atoms with Crippen molar-refractivity contribution in [1.82, 2.24) is 15.6 Å². The number of unbranched alkanes of at least 4 members (excludes halogenated alkanes) is 2. The lowest BCUT2D eigenvalue weighted by Gasteiger charge is -2.11. The fraction of sp³-hybridized carbons (Fsp3) is 0.778. The number of hydrogen-bond acceptors (Lipinski definition) is 4. The molecule has 0 unspecified atom stereocenters. The first-order valence-electron chi connectivity index (χ1n) is 9.27. The maximum Gasteiger partial charge on any atom is 0.191 e. The SMILES string of the molecule is CCCCOCCCN=C(NCC)NCCCCc1nc(C)cs1.I. The van der Waals surface area contributed by atoms with Crippen LogP contribution in [0.5, 0.6) is 0 Å². The number of hydrogen-bond donors (Lipinski definition) is 2. The molecule has 0 fully saturated rings. The lowest BCUT2D eigenvalue weighted by molar-refractivity contribution is 0.130. The Labute approximate surface area is 174 Å². The number of guanidine groups is 1. The average Bonchev–Trinajstić information content (AvgIpc) is 2.99. The highest BCUT2D eigenvalue weighted by atomic mass is 127. The summed E-state index contributed by atoms with van der Waals surface area (Å²) >= 11 is 1.76. The Kier molecular flexibility index (Phi) is 16.7. The number of aryl methyl sites for hydroxylation is 2. The van der Waals surface area contributed by atoms with E-state index >= 15 is 0 Å². The maximum atomic E-state index is 5.56. The molecule has 25 heavy (non-hydrogen) atoms. The monoisotopic (exact) mass is 482 g/mol. The number of thiazole rings is 1. The molecule has 0 atom stereocenters. The maximum absolute atomic E-state index is 5.56. The first-order valence-corrected chi connectivity index (χ1v) is 10.1. The minimum atomic E-state index is 0. The molecule has 0 spiro atoms. The molecule has 0 aliphatic rings. The predicted molar refractivity (Wildman–Crippen MR) is 120 cm³/mol. The van der Waals surface area contributed by atoms with Crippen LogP contribution in [-0.2, 0) is 11.2 Å². The zero-order valence-electron chi connectivity index (χ0n) is 16.0. The Morgan fingerprint density at radius 3 is 2.64 bits per heavy atom. The summed E-state index contributed by atoms with van der Waals surface area (Å²) in [5.41, 5.74) is 1.13. The van der Waals surface area contributed by atoms with Crippen molar-refractivity contribution in [3.63, 3.8) is 0 Å². The first kappa shape index (κ1) is 24.6. The minimum absolute atomic E-state index is 0. The van der Waals surface area contributed by atoms with Crippen molar-refractivity contribution in [3.8, 4) is 0 Å². The van der Waals surface area contributed by atoms with Crippen molar-refractivity contribution >= 4 is 41.3 Å². The Morgan fingerprint density at radius 1 is 1.16 bits per heavy atom. The Bertz CT molecular complexity index is 454. The highest BCUT2D eigenvalue weighted by Gasteiger charge is 2.00. The highest BCUT2D eigenvalue weighted by molar-refractivity contribution is 14.0. The lowest BCUT2D eigenvalue weighted by atomic mass is 10.2. The molecule has 1 rings (SSSR count). The van der Waals surface area contributed by atoms with Gasteiger partial charge >= 0.3 is 0 Å². The molecule has 0 amide bonds. The van der Waals surface area contributed by atoms with E-state index in [0.29, 0.717) is 0 Å². The van der Waals surface area contributed by atoms with Crippen LogP contribution >= 0.6 is 35.3 Å². The molecule has 0 aromatic carbocycles. The van der Waals surface area contributed by atoms with Crippen molar-refractivity contribution in [1.29, 1.82) is 0 Å². The third-order valence-electron chi connectivity index (χ3n) is 3.48. The summed E-state index contributed by atoms with van der Waals surface area (Å²) in [5.74, 6) is 0.913. The zero-order chi connectivity index (χ0) is 17.5. The van der Waals surface area contributed by atoms with Crippen molar-refractivity contribution in [2.75, 3.05) is 32.8 Å². The second kappa shape index (κ2) is 17.0. The number of ether oxygens (including phenoxy) is 1. The number of aliphatic imine (C=N–C) groups is 1. The number of nitrogens with zero attached hydrogens (tertiary/aromatic N) is 2. The van der Waals surface area contributed by atoms with Crippen LogP contribution in [0.2, 0.25) is 0 Å². The van der Waals surface area contributed by atoms with Crippen LogP contribution in [0.15, 0.2) is 10.4 Å². The van der Waals surface area contributed by atoms with Gasteiger partial charge in [-0.2, -0.15) is 0 Å². The van der Waals surface area contributed by atoms with Crippen LogP contribution < -0.4 is 10.6 Å². The molecule has 2 N–H and O–H groups in total. The largest absolute Gasteiger partial charge is 0.381 e. The van der Waals surface area contributed by atoms with Gasteiger partial charge in [-0.25, -0.2) is 4.98 Å². The van der Waals surface area contributed by atoms with Gasteiger partial charge in [-0.1, -0.05) is 13.3 Å². The van der Waals surface area contributed by atoms with E-state index in [9.17, 15) is 0 Å². The van der Waals surface area contributed by atoms with E-state index < -0.39 is 0 Å². The van der Waals surface area contributed by atoms with Crippen molar-refractivity contribution in [3.05, 3.63) is 16.1 Å². The highest BCUT2D eigenvalue weighted by Crippen LogP contribution is 2.11. The number of aromatic nitrogens is 1. The summed E-state index contributed by atoms with van der Waals surface area (Å²) in [5, 5.41) is 10.1. The molecule has 0 radical (unpaired) electrons. The molecule has 0 saturated heterocycles. The van der Waals surface area contributed by atoms with Gasteiger partial charge in [0.05, 0.1) is 5.01 Å². The van der Waals surface area contributed by atoms with Crippen LogP contribution in [0.3, 0.4) is 0 Å². The third-order valence-corrected chi connectivity index (χ3v) is 4.51. The molecule has 1 aromatic heterocycles. The van der Waals surface area contributed by atoms with Crippen molar-refractivity contribution in [2.45, 2.75) is 59.3 Å². The van der Waals surface area contributed by atoms with Crippen LogP contribution in [0.25, 0.3) is 0 Å². The Morgan fingerprint density at radius 2 is 1.96 bits per heavy atom. The van der Waals surface area contributed by atoms with E-state index in [1.807, 2.05) is 0 Å². The van der Waals surface area contributed by atoms with E-state index in [1.54, 1.807) is 11.3 Å². The molecule has 0 aliphatic heterocycles. The van der Waals surface area contributed by atoms with Gasteiger partial charge in [0.15, 0.2) is 5.96 Å². The van der Waals surface area contributed by atoms with E-state index in [0.717, 1.165) is 76.6 Å². The van der Waals surface area contributed by atoms with Gasteiger partial charge in [-0.15, -0.1) is 35.3 Å². The van der Waals surface area contributed by atoms with Gasteiger partial charge in [0, 0.05) is 43.9 Å². The Balaban J connectivity index is 0.00000576. The fourth-order valence-electron chi connectivity index (χ4n) is 2.17. The van der Waals surface area contributed by atoms with Gasteiger partial charge in [0.1, 0.15) is 0 Å². The Hall–Kier alpha value is -0.410. The lowest BCUT2D eigenvalue weighted by Crippen LogP contribution is -2.37. The summed E-state index contributed by atoms with van der Waals surface area (Å²) in [4.78, 5) is 9.09. The topological polar surface area (TPSA) is 58.5 Å². The van der Waals surface area contributed by atoms with Gasteiger partial charge in [0.2, 0.25) is 0 Å². The fourth-order valence-corrected chi connectivity index (χ4v) is 2.99. The van der Waals surface area contributed by atoms with Gasteiger partial charge in [-0.3, -0.25) is 4.99 Å². The summed E-state index contributed by atoms with van der Waals surface area (Å²) < 4.78 is 5.56. The summed E-state index contributed by atoms with van der Waals surface area (Å²) in [6.07, 6.45) is 6.67. The van der Waals surface area contributed by atoms with Crippen LogP contribution in [0.4, 0.5) is 0 Å². The van der Waals surface area contributed by atoms with Crippen LogP contribution in [-0.4, -0.2) is 43.8 Å². The summed E-state index contributed by atoms with van der Waals surface area (Å²) in [6.45, 7) is 10.6. The molecular weight excluding hydrogens is 447 g/mol. The van der Waals surface area contributed by atoms with Gasteiger partial charge in [0.25, 0.3) is 0 Å². The molecule has 0 saturated carbocycles. The van der Waals surface area contributed by atoms with E-state index in [-0.39, 0.29) is 24.0 Å². The first-order chi connectivity index (χ1) is 11.8. The molecule has 146 valence electrons. The molecule has 0 aliphatic carbocycles. The standard InChI is InChI=1S/C18H34N4OS.HI/c1-4-6-13-23-14-9-12-21-18(19-5-2)20-11-8-7-10-17-22-16(3)15-24-17;/h15H,4-14H2,1-3H3,(H2,19,20,21);1H. The third kappa shape index (κ3) is 13.5. The average molecular weight is 482 g/mol. The summed E-state index contributed by atoms with van der Waals surface area (Å²) in [7, 11) is 0. The summed E-state index contributed by atoms with van der Waals surface area (Å²) in [6, 6.07) is 0. The van der Waals surface area contributed by atoms with Crippen LogP contribution in [0.1, 0.15) is 56.7 Å². The molecule has 7 heteroatoms. The number of rotatable bonds is 13. The number of nitrogens with one attached hydrogen (secondary N) is 2. The van der Waals surface area contributed by atoms with Gasteiger partial charge in [-0.05, 0) is 46.0 Å². The molecule has 1 heterocycles. The second-order valence-electron chi connectivity index (χ2n) is 5.85. The zero-order valence-corrected chi connectivity index (χ0v) is 19.1. The molecular formula is C18H35IN4OS. The van der Waals surface area contributed by atoms with Gasteiger partial charge < -0.3 is 15.4 Å². The molecule has 0 bridgehead atoms. The smallest absolute Gasteiger partial charge is 0.191 e. The minimum Gasteiger partial charge on any atom is -0.381 e. The van der Waals surface area contributed by atoms with Crippen molar-refractivity contribution < 1.29 is 4.74 Å². The second-order valence-corrected chi connectivity index (χ2v) is 6.79. The quantitative estimate of drug-likeness (QED) is 0.192. The van der Waals surface area contributed by atoms with Crippen LogP contribution in [0, 0.1) is 6.92 Å². The molecule has 5 nitrogen and oxygen atoms in total. The van der Waals surface area contributed by atoms with E-state index in [2.05, 4.69) is 46.8 Å². The normalized spacial score (nSPS) is 11.2. The van der Waals surface area contributed by atoms with Crippen molar-refractivity contribution in [2.24, 2.45) is 4.99 Å². The predicted octanol–water partition coefficient (Wildman–Crippen LogP) is 4.15. The van der Waals surface area contributed by atoms with E-state index in [4.69, 9.17) is 4.74 Å². The molecule has 1 aromatic rings. The number of halogens is 1. The van der Waals surface area contributed by atoms with E-state index in [1.165, 1.54) is 11.4 Å².